The van der Waals surface area contributed by atoms with Crippen molar-refractivity contribution in [3.8, 4) is 0 Å². The van der Waals surface area contributed by atoms with Crippen LogP contribution in [0.15, 0.2) is 12.7 Å². The molecule has 4 nitrogen and oxygen atoms in total. The summed E-state index contributed by atoms with van der Waals surface area (Å²) in [5, 5.41) is 12.2. The van der Waals surface area contributed by atoms with E-state index in [0.29, 0.717) is 6.42 Å². The zero-order valence-corrected chi connectivity index (χ0v) is 8.98. The van der Waals surface area contributed by atoms with Crippen LogP contribution in [0.3, 0.4) is 0 Å². The Morgan fingerprint density at radius 3 is 2.67 bits per heavy atom. The van der Waals surface area contributed by atoms with Crippen molar-refractivity contribution < 1.29 is 9.90 Å². The molecule has 0 aromatic rings. The van der Waals surface area contributed by atoms with Crippen LogP contribution in [0.1, 0.15) is 32.1 Å². The molecule has 1 aliphatic carbocycles. The molecule has 0 heterocycles. The molecule has 0 aromatic heterocycles. The summed E-state index contributed by atoms with van der Waals surface area (Å²) in [5.74, 6) is -0.115. The fourth-order valence-corrected chi connectivity index (χ4v) is 1.81. The summed E-state index contributed by atoms with van der Waals surface area (Å²) in [4.78, 5) is 11.5. The summed E-state index contributed by atoms with van der Waals surface area (Å²) in [5.41, 5.74) is 5.64. The summed E-state index contributed by atoms with van der Waals surface area (Å²) in [6.07, 6.45) is 5.17. The van der Waals surface area contributed by atoms with E-state index in [-0.39, 0.29) is 18.1 Å². The lowest BCUT2D eigenvalue weighted by Gasteiger charge is -2.27. The molecule has 0 aromatic carbocycles. The van der Waals surface area contributed by atoms with Crippen molar-refractivity contribution in [2.75, 3.05) is 0 Å². The Morgan fingerprint density at radius 2 is 2.13 bits per heavy atom. The van der Waals surface area contributed by atoms with Crippen molar-refractivity contribution in [3.63, 3.8) is 0 Å². The largest absolute Gasteiger partial charge is 0.393 e. The number of nitrogens with two attached hydrogens (primary N) is 1. The summed E-state index contributed by atoms with van der Waals surface area (Å²) in [6.45, 7) is 3.55. The van der Waals surface area contributed by atoms with Gasteiger partial charge in [-0.25, -0.2) is 0 Å². The molecule has 4 N–H and O–H groups in total. The van der Waals surface area contributed by atoms with Crippen molar-refractivity contribution in [1.29, 1.82) is 0 Å². The minimum atomic E-state index is -0.491. The number of aliphatic hydroxyl groups excluding tert-OH is 1. The molecule has 1 aliphatic rings. The van der Waals surface area contributed by atoms with Gasteiger partial charge in [0.05, 0.1) is 12.1 Å². The van der Waals surface area contributed by atoms with Crippen LogP contribution in [0.25, 0.3) is 0 Å². The molecule has 15 heavy (non-hydrogen) atoms. The molecule has 0 spiro atoms. The van der Waals surface area contributed by atoms with Gasteiger partial charge in [-0.3, -0.25) is 4.79 Å². The number of amides is 1. The highest BCUT2D eigenvalue weighted by atomic mass is 16.3. The van der Waals surface area contributed by atoms with Crippen LogP contribution in [0.2, 0.25) is 0 Å². The Bertz CT molecular complexity index is 223. The van der Waals surface area contributed by atoms with Gasteiger partial charge < -0.3 is 16.2 Å². The van der Waals surface area contributed by atoms with E-state index in [0.717, 1.165) is 25.7 Å². The molecule has 1 unspecified atom stereocenters. The fraction of sp³-hybridized carbons (Fsp3) is 0.727. The minimum Gasteiger partial charge on any atom is -0.393 e. The predicted octanol–water partition coefficient (Wildman–Crippen LogP) is 0.309. The van der Waals surface area contributed by atoms with Crippen molar-refractivity contribution >= 4 is 5.91 Å². The molecular weight excluding hydrogens is 192 g/mol. The maximum Gasteiger partial charge on any atom is 0.237 e. The summed E-state index contributed by atoms with van der Waals surface area (Å²) >= 11 is 0. The van der Waals surface area contributed by atoms with Crippen molar-refractivity contribution in [2.24, 2.45) is 5.73 Å². The monoisotopic (exact) mass is 212 g/mol. The molecule has 86 valence electrons. The minimum absolute atomic E-state index is 0.115. The van der Waals surface area contributed by atoms with Crippen LogP contribution in [0.5, 0.6) is 0 Å². The van der Waals surface area contributed by atoms with Gasteiger partial charge in [-0.15, -0.1) is 6.58 Å². The van der Waals surface area contributed by atoms with Crippen LogP contribution in [0.4, 0.5) is 0 Å². The normalized spacial score (nSPS) is 28.1. The quantitative estimate of drug-likeness (QED) is 0.587. The number of carbonyl (C=O) groups is 1. The van der Waals surface area contributed by atoms with E-state index in [1.807, 2.05) is 0 Å². The highest BCUT2D eigenvalue weighted by molar-refractivity contribution is 5.81. The first-order valence-electron chi connectivity index (χ1n) is 5.48. The zero-order chi connectivity index (χ0) is 11.3. The first kappa shape index (κ1) is 12.2. The molecule has 1 rings (SSSR count). The van der Waals surface area contributed by atoms with Gasteiger partial charge >= 0.3 is 0 Å². The molecule has 4 heteroatoms. The SMILES string of the molecule is C=CCC(N)C(=O)NC1CCC(O)CC1. The molecule has 1 atom stereocenters. The first-order valence-corrected chi connectivity index (χ1v) is 5.48. The third-order valence-electron chi connectivity index (χ3n) is 2.80. The van der Waals surface area contributed by atoms with E-state index in [4.69, 9.17) is 5.73 Å². The standard InChI is InChI=1S/C11H20N2O2/c1-2-3-10(12)11(15)13-8-4-6-9(14)7-5-8/h2,8-10,14H,1,3-7,12H2,(H,13,15). The van der Waals surface area contributed by atoms with Gasteiger partial charge in [0.1, 0.15) is 0 Å². The van der Waals surface area contributed by atoms with Gasteiger partial charge in [0.2, 0.25) is 5.91 Å². The van der Waals surface area contributed by atoms with Crippen molar-refractivity contribution in [2.45, 2.75) is 50.3 Å². The van der Waals surface area contributed by atoms with Gasteiger partial charge in [-0.1, -0.05) is 6.08 Å². The van der Waals surface area contributed by atoms with E-state index in [9.17, 15) is 9.90 Å². The topological polar surface area (TPSA) is 75.4 Å². The van der Waals surface area contributed by atoms with Crippen molar-refractivity contribution in [1.82, 2.24) is 5.32 Å². The lowest BCUT2D eigenvalue weighted by atomic mass is 9.93. The molecular formula is C11H20N2O2. The molecule has 0 aliphatic heterocycles. The third-order valence-corrected chi connectivity index (χ3v) is 2.80. The Morgan fingerprint density at radius 1 is 1.53 bits per heavy atom. The zero-order valence-electron chi connectivity index (χ0n) is 8.98. The number of rotatable bonds is 4. The first-order chi connectivity index (χ1) is 7.13. The van der Waals surface area contributed by atoms with Gasteiger partial charge in [0.25, 0.3) is 0 Å². The van der Waals surface area contributed by atoms with E-state index in [1.165, 1.54) is 0 Å². The van der Waals surface area contributed by atoms with Crippen LogP contribution in [-0.2, 0) is 4.79 Å². The average molecular weight is 212 g/mol. The highest BCUT2D eigenvalue weighted by Crippen LogP contribution is 2.18. The van der Waals surface area contributed by atoms with Gasteiger partial charge in [0.15, 0.2) is 0 Å². The van der Waals surface area contributed by atoms with Gasteiger partial charge in [0, 0.05) is 6.04 Å². The maximum atomic E-state index is 11.5. The number of aliphatic hydroxyl groups is 1. The summed E-state index contributed by atoms with van der Waals surface area (Å²) in [6, 6.07) is -0.314. The van der Waals surface area contributed by atoms with Crippen LogP contribution in [-0.4, -0.2) is 29.2 Å². The molecule has 1 amide bonds. The van der Waals surface area contributed by atoms with Gasteiger partial charge in [-0.2, -0.15) is 0 Å². The van der Waals surface area contributed by atoms with E-state index in [2.05, 4.69) is 11.9 Å². The molecule has 0 saturated heterocycles. The second-order valence-corrected chi connectivity index (χ2v) is 4.14. The van der Waals surface area contributed by atoms with Crippen LogP contribution >= 0.6 is 0 Å². The average Bonchev–Trinajstić information content (AvgIpc) is 2.22. The third kappa shape index (κ3) is 4.01. The number of hydrogen-bond donors (Lipinski definition) is 3. The molecule has 1 saturated carbocycles. The number of nitrogens with one attached hydrogen (secondary N) is 1. The predicted molar refractivity (Wildman–Crippen MR) is 59.2 cm³/mol. The number of carbonyl (C=O) groups excluding carboxylic acids is 1. The van der Waals surface area contributed by atoms with Gasteiger partial charge in [-0.05, 0) is 32.1 Å². The Hall–Kier alpha value is -0.870. The molecule has 1 fully saturated rings. The number of hydrogen-bond acceptors (Lipinski definition) is 3. The second kappa shape index (κ2) is 5.88. The fourth-order valence-electron chi connectivity index (χ4n) is 1.81. The molecule has 0 radical (unpaired) electrons. The van der Waals surface area contributed by atoms with Crippen LogP contribution in [0, 0.1) is 0 Å². The Balaban J connectivity index is 2.28. The van der Waals surface area contributed by atoms with E-state index in [1.54, 1.807) is 6.08 Å². The summed E-state index contributed by atoms with van der Waals surface area (Å²) in [7, 11) is 0. The van der Waals surface area contributed by atoms with E-state index < -0.39 is 6.04 Å². The summed E-state index contributed by atoms with van der Waals surface area (Å²) < 4.78 is 0. The Labute approximate surface area is 90.5 Å². The van der Waals surface area contributed by atoms with E-state index >= 15 is 0 Å². The molecule has 0 bridgehead atoms. The highest BCUT2D eigenvalue weighted by Gasteiger charge is 2.22. The van der Waals surface area contributed by atoms with Crippen LogP contribution < -0.4 is 11.1 Å². The second-order valence-electron chi connectivity index (χ2n) is 4.14. The lowest BCUT2D eigenvalue weighted by molar-refractivity contribution is -0.123. The smallest absolute Gasteiger partial charge is 0.237 e. The maximum absolute atomic E-state index is 11.5. The van der Waals surface area contributed by atoms with Crippen molar-refractivity contribution in [3.05, 3.63) is 12.7 Å². The lowest BCUT2D eigenvalue weighted by Crippen LogP contribution is -2.46. The Kier molecular flexibility index (Phi) is 4.78.